The van der Waals surface area contributed by atoms with Crippen LogP contribution in [-0.4, -0.2) is 17.0 Å². The molecule has 0 heterocycles. The van der Waals surface area contributed by atoms with Gasteiger partial charge in [0.25, 0.3) is 0 Å². The van der Waals surface area contributed by atoms with Gasteiger partial charge in [0.1, 0.15) is 0 Å². The summed E-state index contributed by atoms with van der Waals surface area (Å²) in [6.07, 6.45) is 23.6. The summed E-state index contributed by atoms with van der Waals surface area (Å²) in [5, 5.41) is 0. The zero-order valence-electron chi connectivity index (χ0n) is 17.0. The van der Waals surface area contributed by atoms with Crippen molar-refractivity contribution in [1.82, 2.24) is 0 Å². The molecule has 0 N–H and O–H groups in total. The number of rotatable bonds is 3. The van der Waals surface area contributed by atoms with Crippen LogP contribution in [0, 0.1) is 4.41 Å². The molecule has 2 heteroatoms. The fourth-order valence-electron chi connectivity index (χ4n) is 5.53. The van der Waals surface area contributed by atoms with Crippen LogP contribution in [0.4, 0.5) is 0 Å². The Hall–Kier alpha value is 0.0534. The molecule has 3 fully saturated rings. The van der Waals surface area contributed by atoms with E-state index in [0.717, 1.165) is 5.56 Å². The number of hydrogen-bond donors (Lipinski definition) is 0. The van der Waals surface area contributed by atoms with E-state index in [-0.39, 0.29) is 0 Å². The first-order chi connectivity index (χ1) is 13.4. The Morgan fingerprint density at radius 3 is 1.26 bits per heavy atom. The van der Waals surface area contributed by atoms with E-state index in [1.807, 2.05) is 30.3 Å². The van der Waals surface area contributed by atoms with E-state index in [4.69, 9.17) is 0 Å². The summed E-state index contributed by atoms with van der Waals surface area (Å²) in [5.41, 5.74) is 4.70. The van der Waals surface area contributed by atoms with Crippen molar-refractivity contribution in [1.29, 1.82) is 0 Å². The van der Waals surface area contributed by atoms with Gasteiger partial charge in [-0.3, -0.25) is 0 Å². The summed E-state index contributed by atoms with van der Waals surface area (Å²) in [6.45, 7) is 0. The van der Waals surface area contributed by atoms with Crippen LogP contribution in [0.2, 0.25) is 0 Å². The first kappa shape index (κ1) is 21.8. The van der Waals surface area contributed by atoms with Crippen molar-refractivity contribution >= 4 is 7.92 Å². The van der Waals surface area contributed by atoms with Crippen LogP contribution in [0.25, 0.3) is 0 Å². The Bertz CT molecular complexity index is 503. The standard InChI is InChI=1S/C18H33P.C7H5.Ru/c1-4-10-16(11-5-1)19(17-12-6-2-7-13-17)18-14-8-3-9-15-18;1-7-5-3-2-4-6-7;/h16-18H,1-15H2;2-6H;. The van der Waals surface area contributed by atoms with E-state index in [9.17, 15) is 0 Å². The van der Waals surface area contributed by atoms with Gasteiger partial charge in [-0.15, -0.1) is 0 Å². The molecule has 4 rings (SSSR count). The second-order valence-electron chi connectivity index (χ2n) is 8.78. The monoisotopic (exact) mass is 471 g/mol. The van der Waals surface area contributed by atoms with Gasteiger partial charge >= 0.3 is 58.0 Å². The molecule has 0 aromatic heterocycles. The second kappa shape index (κ2) is 12.6. The maximum absolute atomic E-state index is 2.96. The van der Waals surface area contributed by atoms with E-state index in [1.54, 1.807) is 77.0 Å². The van der Waals surface area contributed by atoms with Crippen LogP contribution >= 0.6 is 7.92 Å². The molecule has 0 aliphatic heterocycles. The molecule has 0 radical (unpaired) electrons. The molecule has 0 amide bonds. The summed E-state index contributed by atoms with van der Waals surface area (Å²) < 4.78 is 2.96. The third kappa shape index (κ3) is 7.11. The van der Waals surface area contributed by atoms with Crippen LogP contribution in [0.3, 0.4) is 0 Å². The molecular formula is C25H38PRu. The van der Waals surface area contributed by atoms with Crippen LogP contribution in [0.5, 0.6) is 0 Å². The molecule has 1 aromatic rings. The zero-order chi connectivity index (χ0) is 18.7. The third-order valence-corrected chi connectivity index (χ3v) is 11.4. The van der Waals surface area contributed by atoms with Crippen molar-refractivity contribution in [2.45, 2.75) is 113 Å². The van der Waals surface area contributed by atoms with Crippen molar-refractivity contribution in [2.24, 2.45) is 0 Å². The van der Waals surface area contributed by atoms with Crippen LogP contribution in [0.1, 0.15) is 102 Å². The average molecular weight is 471 g/mol. The van der Waals surface area contributed by atoms with Gasteiger partial charge in [0.15, 0.2) is 0 Å². The quantitative estimate of drug-likeness (QED) is 0.310. The minimum absolute atomic E-state index is 0.385. The van der Waals surface area contributed by atoms with Gasteiger partial charge < -0.3 is 0 Å². The third-order valence-electron chi connectivity index (χ3n) is 6.86. The summed E-state index contributed by atoms with van der Waals surface area (Å²) in [4.78, 5) is 0. The van der Waals surface area contributed by atoms with Crippen molar-refractivity contribution in [2.75, 3.05) is 0 Å². The minimum atomic E-state index is 0.385. The Morgan fingerprint density at radius 2 is 0.963 bits per heavy atom. The van der Waals surface area contributed by atoms with Gasteiger partial charge in [-0.05, 0) is 55.5 Å². The molecule has 1 aromatic carbocycles. The molecule has 0 unspecified atom stereocenters. The predicted molar refractivity (Wildman–Crippen MR) is 117 cm³/mol. The first-order valence-corrected chi connectivity index (χ1v) is 14.0. The van der Waals surface area contributed by atoms with E-state index < -0.39 is 0 Å². The van der Waals surface area contributed by atoms with E-state index in [2.05, 4.69) is 22.1 Å². The number of hydrogen-bond acceptors (Lipinski definition) is 0. The molecule has 0 spiro atoms. The average Bonchev–Trinajstić information content (AvgIpc) is 2.77. The fraction of sp³-hybridized carbons (Fsp3) is 0.720. The van der Waals surface area contributed by atoms with E-state index >= 15 is 0 Å². The van der Waals surface area contributed by atoms with Crippen LogP contribution in [0.15, 0.2) is 30.3 Å². The molecule has 0 bridgehead atoms. The Morgan fingerprint density at radius 1 is 0.593 bits per heavy atom. The van der Waals surface area contributed by atoms with E-state index in [1.165, 1.54) is 36.2 Å². The fourth-order valence-corrected chi connectivity index (χ4v) is 10.5. The van der Waals surface area contributed by atoms with Crippen molar-refractivity contribution in [3.05, 3.63) is 35.9 Å². The summed E-state index contributed by atoms with van der Waals surface area (Å²) in [7, 11) is 0.385. The van der Waals surface area contributed by atoms with E-state index in [0.29, 0.717) is 7.92 Å². The summed E-state index contributed by atoms with van der Waals surface area (Å²) in [5.74, 6) is 0. The van der Waals surface area contributed by atoms with Crippen LogP contribution < -0.4 is 0 Å². The van der Waals surface area contributed by atoms with Gasteiger partial charge in [0.2, 0.25) is 0 Å². The van der Waals surface area contributed by atoms with Crippen molar-refractivity contribution < 1.29 is 17.7 Å². The first-order valence-electron chi connectivity index (χ1n) is 11.6. The van der Waals surface area contributed by atoms with Crippen molar-refractivity contribution in [3.8, 4) is 4.41 Å². The zero-order valence-corrected chi connectivity index (χ0v) is 19.7. The molecule has 27 heavy (non-hydrogen) atoms. The predicted octanol–water partition coefficient (Wildman–Crippen LogP) is 8.01. The van der Waals surface area contributed by atoms with Gasteiger partial charge in [-0.1, -0.05) is 65.7 Å². The van der Waals surface area contributed by atoms with Crippen LogP contribution in [-0.2, 0) is 17.7 Å². The number of benzene rings is 1. The van der Waals surface area contributed by atoms with Gasteiger partial charge in [-0.2, -0.15) is 0 Å². The normalized spacial score (nSPS) is 22.7. The Balaban J connectivity index is 0.000000221. The Labute approximate surface area is 178 Å². The summed E-state index contributed by atoms with van der Waals surface area (Å²) >= 11 is 2.36. The van der Waals surface area contributed by atoms with Gasteiger partial charge in [0, 0.05) is 0 Å². The molecule has 0 saturated heterocycles. The van der Waals surface area contributed by atoms with Gasteiger partial charge in [0.05, 0.1) is 0 Å². The van der Waals surface area contributed by atoms with Gasteiger partial charge in [-0.25, -0.2) is 0 Å². The molecule has 3 aliphatic carbocycles. The SMILES string of the molecule is C1CCC(P(C2CCCCC2)C2CCCCC2)CC1.[Ru]#[C]c1ccccc1. The molecule has 0 nitrogen and oxygen atoms in total. The molecule has 3 saturated carbocycles. The maximum atomic E-state index is 2.96. The topological polar surface area (TPSA) is 0 Å². The molecule has 151 valence electrons. The molecule has 3 aliphatic rings. The molecule has 0 atom stereocenters. The molecular weight excluding hydrogens is 432 g/mol. The summed E-state index contributed by atoms with van der Waals surface area (Å²) in [6, 6.07) is 10.0. The van der Waals surface area contributed by atoms with Crippen molar-refractivity contribution in [3.63, 3.8) is 0 Å². The Kier molecular flexibility index (Phi) is 10.1. The second-order valence-corrected chi connectivity index (χ2v) is 12.3.